The zero-order chi connectivity index (χ0) is 13.9. The number of amidine groups is 1. The molecule has 2 rings (SSSR count). The van der Waals surface area contributed by atoms with Crippen LogP contribution in [0.4, 0.5) is 5.69 Å². The molecule has 0 aromatic carbocycles. The van der Waals surface area contributed by atoms with Crippen LogP contribution < -0.4 is 10.6 Å². The minimum atomic E-state index is -0.127. The molecule has 6 nitrogen and oxygen atoms in total. The molecule has 1 aromatic rings. The van der Waals surface area contributed by atoms with Gasteiger partial charge in [0.2, 0.25) is 0 Å². The second kappa shape index (κ2) is 5.44. The predicted octanol–water partition coefficient (Wildman–Crippen LogP) is 1.18. The Morgan fingerprint density at radius 1 is 1.63 bits per heavy atom. The number of aromatic nitrogens is 1. The molecule has 1 aliphatic rings. The molecule has 0 saturated carbocycles. The summed E-state index contributed by atoms with van der Waals surface area (Å²) in [6, 6.07) is 3.76. The molecule has 0 radical (unpaired) electrons. The Hall–Kier alpha value is -1.82. The maximum atomic E-state index is 8.70. The highest BCUT2D eigenvalue weighted by Crippen LogP contribution is 2.27. The molecule has 104 valence electrons. The molecule has 3 N–H and O–H groups in total. The molecule has 19 heavy (non-hydrogen) atoms. The van der Waals surface area contributed by atoms with Crippen LogP contribution in [-0.2, 0) is 4.74 Å². The number of hydrogen-bond donors (Lipinski definition) is 2. The van der Waals surface area contributed by atoms with E-state index in [4.69, 9.17) is 15.7 Å². The number of oxime groups is 1. The number of pyridine rings is 1. The van der Waals surface area contributed by atoms with Crippen LogP contribution in [-0.4, -0.2) is 41.8 Å². The van der Waals surface area contributed by atoms with Gasteiger partial charge in [-0.2, -0.15) is 0 Å². The molecule has 1 aromatic heterocycles. The number of hydrogen-bond acceptors (Lipinski definition) is 5. The average Bonchev–Trinajstić information content (AvgIpc) is 2.46. The number of nitrogens with zero attached hydrogens (tertiary/aromatic N) is 3. The van der Waals surface area contributed by atoms with E-state index in [-0.39, 0.29) is 11.4 Å². The first-order valence-corrected chi connectivity index (χ1v) is 6.32. The second-order valence-corrected chi connectivity index (χ2v) is 5.06. The highest BCUT2D eigenvalue weighted by atomic mass is 16.5. The van der Waals surface area contributed by atoms with Gasteiger partial charge in [0, 0.05) is 32.1 Å². The van der Waals surface area contributed by atoms with Crippen molar-refractivity contribution in [3.63, 3.8) is 0 Å². The Balaban J connectivity index is 2.22. The van der Waals surface area contributed by atoms with E-state index in [0.717, 1.165) is 31.6 Å². The molecule has 6 heteroatoms. The normalized spacial score (nSPS) is 24.5. The van der Waals surface area contributed by atoms with E-state index in [1.165, 1.54) is 0 Å². The lowest BCUT2D eigenvalue weighted by atomic mass is 9.94. The monoisotopic (exact) mass is 264 g/mol. The summed E-state index contributed by atoms with van der Waals surface area (Å²) in [6.45, 7) is 3.91. The van der Waals surface area contributed by atoms with E-state index in [1.807, 2.05) is 12.1 Å². The van der Waals surface area contributed by atoms with Crippen molar-refractivity contribution in [2.24, 2.45) is 10.9 Å². The van der Waals surface area contributed by atoms with Crippen LogP contribution in [0.3, 0.4) is 0 Å². The van der Waals surface area contributed by atoms with Gasteiger partial charge in [0.25, 0.3) is 0 Å². The standard InChI is InChI=1S/C13H20N4O2/c1-13(19-2)5-3-7-17(9-13)10-4-6-15-11(8-10)12(14)16-18/h4,6,8,18H,3,5,7,9H2,1-2H3,(H2,14,16). The summed E-state index contributed by atoms with van der Waals surface area (Å²) in [5, 5.41) is 11.7. The Bertz CT molecular complexity index is 477. The first kappa shape index (κ1) is 13.6. The van der Waals surface area contributed by atoms with Crippen LogP contribution in [0.1, 0.15) is 25.5 Å². The highest BCUT2D eigenvalue weighted by Gasteiger charge is 2.30. The molecule has 1 aliphatic heterocycles. The van der Waals surface area contributed by atoms with Gasteiger partial charge < -0.3 is 20.6 Å². The van der Waals surface area contributed by atoms with Gasteiger partial charge >= 0.3 is 0 Å². The first-order chi connectivity index (χ1) is 9.08. The molecular formula is C13H20N4O2. The first-order valence-electron chi connectivity index (χ1n) is 6.32. The minimum absolute atomic E-state index is 0.0216. The van der Waals surface area contributed by atoms with Crippen molar-refractivity contribution in [2.45, 2.75) is 25.4 Å². The van der Waals surface area contributed by atoms with Crippen molar-refractivity contribution in [1.29, 1.82) is 0 Å². The van der Waals surface area contributed by atoms with Gasteiger partial charge in [-0.25, -0.2) is 0 Å². The van der Waals surface area contributed by atoms with Crippen LogP contribution in [0, 0.1) is 0 Å². The van der Waals surface area contributed by atoms with Crippen LogP contribution in [0.25, 0.3) is 0 Å². The summed E-state index contributed by atoms with van der Waals surface area (Å²) in [5.74, 6) is 0.0216. The zero-order valence-electron chi connectivity index (χ0n) is 11.3. The van der Waals surface area contributed by atoms with Crippen molar-refractivity contribution < 1.29 is 9.94 Å². The van der Waals surface area contributed by atoms with Crippen LogP contribution >= 0.6 is 0 Å². The fourth-order valence-electron chi connectivity index (χ4n) is 2.40. The molecule has 2 heterocycles. The molecule has 1 saturated heterocycles. The van der Waals surface area contributed by atoms with Gasteiger partial charge in [0.15, 0.2) is 5.84 Å². The maximum Gasteiger partial charge on any atom is 0.188 e. The number of nitrogens with two attached hydrogens (primary N) is 1. The second-order valence-electron chi connectivity index (χ2n) is 5.06. The molecule has 0 bridgehead atoms. The summed E-state index contributed by atoms with van der Waals surface area (Å²) >= 11 is 0. The van der Waals surface area contributed by atoms with Gasteiger partial charge in [-0.1, -0.05) is 5.16 Å². The third-order valence-electron chi connectivity index (χ3n) is 3.63. The summed E-state index contributed by atoms with van der Waals surface area (Å²) < 4.78 is 5.58. The highest BCUT2D eigenvalue weighted by molar-refractivity contribution is 5.95. The maximum absolute atomic E-state index is 8.70. The van der Waals surface area contributed by atoms with E-state index >= 15 is 0 Å². The number of anilines is 1. The van der Waals surface area contributed by atoms with Crippen molar-refractivity contribution in [1.82, 2.24) is 4.98 Å². The topological polar surface area (TPSA) is 84.0 Å². The van der Waals surface area contributed by atoms with E-state index < -0.39 is 0 Å². The number of methoxy groups -OCH3 is 1. The quantitative estimate of drug-likeness (QED) is 0.371. The van der Waals surface area contributed by atoms with Gasteiger partial charge in [-0.05, 0) is 31.9 Å². The SMILES string of the molecule is COC1(C)CCCN(c2ccnc(/C(N)=N/O)c2)C1. The molecular weight excluding hydrogens is 244 g/mol. The molecule has 0 amide bonds. The van der Waals surface area contributed by atoms with Crippen LogP contribution in [0.5, 0.6) is 0 Å². The summed E-state index contributed by atoms with van der Waals surface area (Å²) in [6.07, 6.45) is 3.80. The number of ether oxygens (including phenoxy) is 1. The Morgan fingerprint density at radius 2 is 2.42 bits per heavy atom. The largest absolute Gasteiger partial charge is 0.409 e. The van der Waals surface area contributed by atoms with Gasteiger partial charge in [0.05, 0.1) is 5.60 Å². The fourth-order valence-corrected chi connectivity index (χ4v) is 2.40. The predicted molar refractivity (Wildman–Crippen MR) is 73.6 cm³/mol. The smallest absolute Gasteiger partial charge is 0.188 e. The molecule has 1 atom stereocenters. The lowest BCUT2D eigenvalue weighted by Crippen LogP contribution is -2.47. The van der Waals surface area contributed by atoms with Gasteiger partial charge in [-0.15, -0.1) is 0 Å². The summed E-state index contributed by atoms with van der Waals surface area (Å²) in [7, 11) is 1.75. The third-order valence-corrected chi connectivity index (χ3v) is 3.63. The molecule has 1 fully saturated rings. The van der Waals surface area contributed by atoms with Crippen molar-refractivity contribution in [2.75, 3.05) is 25.1 Å². The number of piperidine rings is 1. The molecule has 0 spiro atoms. The van der Waals surface area contributed by atoms with E-state index in [2.05, 4.69) is 22.0 Å². The zero-order valence-corrected chi connectivity index (χ0v) is 11.3. The minimum Gasteiger partial charge on any atom is -0.409 e. The van der Waals surface area contributed by atoms with E-state index in [0.29, 0.717) is 5.69 Å². The lowest BCUT2D eigenvalue weighted by Gasteiger charge is -2.40. The van der Waals surface area contributed by atoms with Gasteiger partial charge in [-0.3, -0.25) is 4.98 Å². The van der Waals surface area contributed by atoms with E-state index in [1.54, 1.807) is 13.3 Å². The third kappa shape index (κ3) is 2.96. The van der Waals surface area contributed by atoms with Gasteiger partial charge in [0.1, 0.15) is 5.69 Å². The lowest BCUT2D eigenvalue weighted by molar-refractivity contribution is -0.00465. The van der Waals surface area contributed by atoms with Crippen LogP contribution in [0.2, 0.25) is 0 Å². The van der Waals surface area contributed by atoms with Crippen molar-refractivity contribution >= 4 is 11.5 Å². The van der Waals surface area contributed by atoms with Crippen molar-refractivity contribution in [3.8, 4) is 0 Å². The van der Waals surface area contributed by atoms with Crippen LogP contribution in [0.15, 0.2) is 23.5 Å². The molecule has 0 aliphatic carbocycles. The van der Waals surface area contributed by atoms with E-state index in [9.17, 15) is 0 Å². The average molecular weight is 264 g/mol. The van der Waals surface area contributed by atoms with Crippen molar-refractivity contribution in [3.05, 3.63) is 24.0 Å². The Kier molecular flexibility index (Phi) is 3.90. The fraction of sp³-hybridized carbons (Fsp3) is 0.538. The molecule has 1 unspecified atom stereocenters. The Morgan fingerprint density at radius 3 is 3.11 bits per heavy atom. The number of rotatable bonds is 3. The summed E-state index contributed by atoms with van der Waals surface area (Å²) in [5.41, 5.74) is 6.93. The Labute approximate surface area is 112 Å². The summed E-state index contributed by atoms with van der Waals surface area (Å²) in [4.78, 5) is 6.33.